The number of carbonyl (C=O) groups is 2. The number of hydrogen-bond donors (Lipinski definition) is 2. The minimum Gasteiger partial charge on any atom is -0.497 e. The zero-order valence-electron chi connectivity index (χ0n) is 15.0. The van der Waals surface area contributed by atoms with Gasteiger partial charge < -0.3 is 20.1 Å². The molecule has 0 saturated carbocycles. The molecule has 0 aliphatic rings. The Morgan fingerprint density at radius 1 is 0.893 bits per heavy atom. The molecule has 0 saturated heterocycles. The molecule has 0 aliphatic carbocycles. The Kier molecular flexibility index (Phi) is 7.25. The van der Waals surface area contributed by atoms with Crippen molar-refractivity contribution in [1.29, 1.82) is 0 Å². The van der Waals surface area contributed by atoms with Gasteiger partial charge in [0.15, 0.2) is 6.61 Å². The Morgan fingerprint density at radius 2 is 1.46 bits per heavy atom. The molecule has 2 rings (SSSR count). The van der Waals surface area contributed by atoms with Crippen molar-refractivity contribution in [3.8, 4) is 11.5 Å². The molecule has 2 amide bonds. The van der Waals surface area contributed by atoms with E-state index in [2.05, 4.69) is 10.6 Å². The maximum Gasteiger partial charge on any atom is 0.416 e. The van der Waals surface area contributed by atoms with E-state index in [1.165, 1.54) is 7.11 Å². The highest BCUT2D eigenvalue weighted by Crippen LogP contribution is 2.30. The van der Waals surface area contributed by atoms with Crippen LogP contribution >= 0.6 is 0 Å². The predicted molar refractivity (Wildman–Crippen MR) is 95.3 cm³/mol. The molecular weight excluding hydrogens is 377 g/mol. The molecule has 150 valence electrons. The van der Waals surface area contributed by atoms with Crippen molar-refractivity contribution in [2.24, 2.45) is 0 Å². The van der Waals surface area contributed by atoms with Gasteiger partial charge in [0.25, 0.3) is 11.8 Å². The summed E-state index contributed by atoms with van der Waals surface area (Å²) in [6.45, 7) is 0.0335. The first kappa shape index (κ1) is 21.1. The molecule has 0 fully saturated rings. The fourth-order valence-corrected chi connectivity index (χ4v) is 2.16. The highest BCUT2D eigenvalue weighted by Gasteiger charge is 2.30. The second kappa shape index (κ2) is 9.63. The van der Waals surface area contributed by atoms with Crippen LogP contribution in [0.2, 0.25) is 0 Å². The second-order valence-electron chi connectivity index (χ2n) is 5.65. The Balaban J connectivity index is 1.66. The predicted octanol–water partition coefficient (Wildman–Crippen LogP) is 2.64. The van der Waals surface area contributed by atoms with Crippen LogP contribution in [0.5, 0.6) is 11.5 Å². The number of rotatable bonds is 8. The van der Waals surface area contributed by atoms with Crippen molar-refractivity contribution in [3.05, 3.63) is 59.7 Å². The Hall–Kier alpha value is -3.23. The van der Waals surface area contributed by atoms with Crippen molar-refractivity contribution in [2.45, 2.75) is 6.18 Å². The molecule has 28 heavy (non-hydrogen) atoms. The number of nitrogens with one attached hydrogen (secondary N) is 2. The summed E-state index contributed by atoms with van der Waals surface area (Å²) in [7, 11) is 1.53. The fraction of sp³-hybridized carbons (Fsp3) is 0.263. The largest absolute Gasteiger partial charge is 0.497 e. The van der Waals surface area contributed by atoms with Crippen LogP contribution in [0.3, 0.4) is 0 Å². The van der Waals surface area contributed by atoms with E-state index in [4.69, 9.17) is 9.47 Å². The van der Waals surface area contributed by atoms with Gasteiger partial charge in [-0.05, 0) is 48.5 Å². The monoisotopic (exact) mass is 396 g/mol. The third-order valence-electron chi connectivity index (χ3n) is 3.64. The van der Waals surface area contributed by atoms with Crippen LogP contribution in [-0.4, -0.2) is 38.6 Å². The first-order chi connectivity index (χ1) is 13.3. The minimum atomic E-state index is -4.42. The molecular formula is C19H19F3N2O4. The Bertz CT molecular complexity index is 790. The molecule has 0 atom stereocenters. The van der Waals surface area contributed by atoms with Crippen molar-refractivity contribution >= 4 is 11.8 Å². The molecule has 0 aromatic heterocycles. The van der Waals surface area contributed by atoms with Crippen LogP contribution in [-0.2, 0) is 11.0 Å². The van der Waals surface area contributed by atoms with Crippen molar-refractivity contribution in [1.82, 2.24) is 10.6 Å². The molecule has 0 unspecified atom stereocenters. The number of benzene rings is 2. The molecule has 2 aromatic rings. The first-order valence-corrected chi connectivity index (χ1v) is 8.28. The van der Waals surface area contributed by atoms with Gasteiger partial charge in [0.2, 0.25) is 0 Å². The SMILES string of the molecule is COc1ccc(C(=O)NCCNC(=O)COc2ccc(C(F)(F)F)cc2)cc1. The van der Waals surface area contributed by atoms with E-state index < -0.39 is 17.6 Å². The second-order valence-corrected chi connectivity index (χ2v) is 5.65. The van der Waals surface area contributed by atoms with Crippen LogP contribution < -0.4 is 20.1 Å². The molecule has 0 radical (unpaired) electrons. The highest BCUT2D eigenvalue weighted by molar-refractivity contribution is 5.94. The molecule has 0 spiro atoms. The van der Waals surface area contributed by atoms with Gasteiger partial charge in [0, 0.05) is 18.7 Å². The Morgan fingerprint density at radius 3 is 2.04 bits per heavy atom. The molecule has 2 N–H and O–H groups in total. The minimum absolute atomic E-state index is 0.149. The molecule has 0 bridgehead atoms. The standard InChI is InChI=1S/C19H19F3N2O4/c1-27-15-6-2-13(3-7-15)18(26)24-11-10-23-17(25)12-28-16-8-4-14(5-9-16)19(20,21)22/h2-9H,10-12H2,1H3,(H,23,25)(H,24,26). The summed E-state index contributed by atoms with van der Waals surface area (Å²) in [5.74, 6) is 0.0318. The lowest BCUT2D eigenvalue weighted by atomic mass is 10.2. The summed E-state index contributed by atoms with van der Waals surface area (Å²) in [5.41, 5.74) is -0.338. The van der Waals surface area contributed by atoms with E-state index in [0.717, 1.165) is 24.3 Å². The number of methoxy groups -OCH3 is 1. The van der Waals surface area contributed by atoms with E-state index in [-0.39, 0.29) is 31.4 Å². The number of alkyl halides is 3. The van der Waals surface area contributed by atoms with Gasteiger partial charge in [-0.15, -0.1) is 0 Å². The number of amides is 2. The van der Waals surface area contributed by atoms with Crippen LogP contribution in [0.4, 0.5) is 13.2 Å². The zero-order valence-corrected chi connectivity index (χ0v) is 15.0. The van der Waals surface area contributed by atoms with E-state index in [1.807, 2.05) is 0 Å². The van der Waals surface area contributed by atoms with Gasteiger partial charge in [-0.1, -0.05) is 0 Å². The first-order valence-electron chi connectivity index (χ1n) is 8.28. The third-order valence-corrected chi connectivity index (χ3v) is 3.64. The maximum absolute atomic E-state index is 12.5. The summed E-state index contributed by atoms with van der Waals surface area (Å²) >= 11 is 0. The third kappa shape index (κ3) is 6.49. The van der Waals surface area contributed by atoms with Gasteiger partial charge in [-0.3, -0.25) is 9.59 Å². The van der Waals surface area contributed by atoms with E-state index >= 15 is 0 Å². The summed E-state index contributed by atoms with van der Waals surface area (Å²) in [6.07, 6.45) is -4.42. The maximum atomic E-state index is 12.5. The topological polar surface area (TPSA) is 76.7 Å². The lowest BCUT2D eigenvalue weighted by Gasteiger charge is -2.10. The summed E-state index contributed by atoms with van der Waals surface area (Å²) < 4.78 is 47.5. The molecule has 2 aromatic carbocycles. The summed E-state index contributed by atoms with van der Waals surface area (Å²) in [6, 6.07) is 10.6. The molecule has 9 heteroatoms. The van der Waals surface area contributed by atoms with E-state index in [9.17, 15) is 22.8 Å². The summed E-state index contributed by atoms with van der Waals surface area (Å²) in [4.78, 5) is 23.6. The lowest BCUT2D eigenvalue weighted by molar-refractivity contribution is -0.137. The number of carbonyl (C=O) groups excluding carboxylic acids is 2. The number of ether oxygens (including phenoxy) is 2. The van der Waals surface area contributed by atoms with Gasteiger partial charge in [0.1, 0.15) is 11.5 Å². The Labute approximate surface area is 159 Å². The molecule has 0 heterocycles. The van der Waals surface area contributed by atoms with E-state index in [0.29, 0.717) is 11.3 Å². The number of hydrogen-bond acceptors (Lipinski definition) is 4. The van der Waals surface area contributed by atoms with Crippen molar-refractivity contribution in [3.63, 3.8) is 0 Å². The van der Waals surface area contributed by atoms with Crippen LogP contribution in [0, 0.1) is 0 Å². The fourth-order valence-electron chi connectivity index (χ4n) is 2.16. The van der Waals surface area contributed by atoms with Gasteiger partial charge in [0.05, 0.1) is 12.7 Å². The van der Waals surface area contributed by atoms with Gasteiger partial charge in [-0.25, -0.2) is 0 Å². The average Bonchev–Trinajstić information content (AvgIpc) is 2.69. The van der Waals surface area contributed by atoms with Crippen molar-refractivity contribution < 1.29 is 32.2 Å². The van der Waals surface area contributed by atoms with Crippen LogP contribution in [0.1, 0.15) is 15.9 Å². The van der Waals surface area contributed by atoms with Gasteiger partial charge in [-0.2, -0.15) is 13.2 Å². The highest BCUT2D eigenvalue weighted by atomic mass is 19.4. The molecule has 0 aliphatic heterocycles. The van der Waals surface area contributed by atoms with Crippen LogP contribution in [0.25, 0.3) is 0 Å². The normalized spacial score (nSPS) is 10.9. The van der Waals surface area contributed by atoms with E-state index in [1.54, 1.807) is 24.3 Å². The van der Waals surface area contributed by atoms with Crippen LogP contribution in [0.15, 0.2) is 48.5 Å². The van der Waals surface area contributed by atoms with Crippen molar-refractivity contribution in [2.75, 3.05) is 26.8 Å². The smallest absolute Gasteiger partial charge is 0.416 e. The number of halogens is 3. The quantitative estimate of drug-likeness (QED) is 0.673. The lowest BCUT2D eigenvalue weighted by Crippen LogP contribution is -2.36. The zero-order chi connectivity index (χ0) is 20.6. The average molecular weight is 396 g/mol. The summed E-state index contributed by atoms with van der Waals surface area (Å²) in [5, 5.41) is 5.18. The van der Waals surface area contributed by atoms with Gasteiger partial charge >= 0.3 is 6.18 Å². The molecule has 6 nitrogen and oxygen atoms in total.